The molecule has 0 fully saturated rings. The van der Waals surface area contributed by atoms with Crippen LogP contribution in [0.25, 0.3) is 0 Å². The molecule has 0 aliphatic rings. The van der Waals surface area contributed by atoms with Gasteiger partial charge in [-0.15, -0.1) is 5.10 Å². The van der Waals surface area contributed by atoms with E-state index < -0.39 is 9.84 Å². The first-order chi connectivity index (χ1) is 16.7. The van der Waals surface area contributed by atoms with Gasteiger partial charge < -0.3 is 9.84 Å². The predicted molar refractivity (Wildman–Crippen MR) is 128 cm³/mol. The molecule has 186 valence electrons. The Kier molecular flexibility index (Phi) is 8.69. The molecule has 1 aromatic heterocycles. The van der Waals surface area contributed by atoms with E-state index in [1.807, 2.05) is 6.92 Å². The Morgan fingerprint density at radius 3 is 2.46 bits per heavy atom. The van der Waals surface area contributed by atoms with Crippen molar-refractivity contribution in [3.63, 3.8) is 0 Å². The van der Waals surface area contributed by atoms with Crippen LogP contribution in [0.2, 0.25) is 0 Å². The Balaban J connectivity index is 1.56. The maximum absolute atomic E-state index is 12.7. The van der Waals surface area contributed by atoms with Crippen molar-refractivity contribution in [1.29, 1.82) is 0 Å². The molecule has 3 aromatic rings. The normalized spacial score (nSPS) is 11.4. The standard InChI is InChI=1S/C24H28N4O6S/c1-3-5-20-22(12-10-19(16(2)29)24(20)31)34-14-4-15-35(32,33)18-8-6-17(7-9-18)21(30)11-13-23-25-27-28-26-23/h6-10,12,31H,3-5,11,13-15H2,1-2H3,(H,25,26,27,28). The van der Waals surface area contributed by atoms with E-state index in [2.05, 4.69) is 20.6 Å². The molecule has 0 radical (unpaired) electrons. The van der Waals surface area contributed by atoms with E-state index in [0.29, 0.717) is 35.5 Å². The Morgan fingerprint density at radius 2 is 1.83 bits per heavy atom. The van der Waals surface area contributed by atoms with Gasteiger partial charge in [-0.05, 0) is 54.5 Å². The van der Waals surface area contributed by atoms with Gasteiger partial charge in [0.25, 0.3) is 0 Å². The van der Waals surface area contributed by atoms with Crippen molar-refractivity contribution in [2.45, 2.75) is 50.8 Å². The number of H-pyrrole nitrogens is 1. The fourth-order valence-electron chi connectivity index (χ4n) is 3.59. The summed E-state index contributed by atoms with van der Waals surface area (Å²) in [5.41, 5.74) is 1.19. The molecule has 0 amide bonds. The first kappa shape index (κ1) is 26.0. The molecule has 0 aliphatic carbocycles. The maximum Gasteiger partial charge on any atom is 0.178 e. The Bertz CT molecular complexity index is 1270. The molecule has 0 spiro atoms. The van der Waals surface area contributed by atoms with E-state index in [0.717, 1.165) is 6.42 Å². The smallest absolute Gasteiger partial charge is 0.178 e. The molecular weight excluding hydrogens is 472 g/mol. The molecule has 0 atom stereocenters. The van der Waals surface area contributed by atoms with E-state index in [9.17, 15) is 23.1 Å². The van der Waals surface area contributed by atoms with Crippen LogP contribution in [0.5, 0.6) is 11.5 Å². The zero-order chi connectivity index (χ0) is 25.4. The fraction of sp³-hybridized carbons (Fsp3) is 0.375. The van der Waals surface area contributed by atoms with Gasteiger partial charge >= 0.3 is 0 Å². The molecule has 1 heterocycles. The van der Waals surface area contributed by atoms with E-state index in [-0.39, 0.29) is 53.0 Å². The van der Waals surface area contributed by atoms with Crippen LogP contribution in [-0.2, 0) is 22.7 Å². The Labute approximate surface area is 203 Å². The first-order valence-electron chi connectivity index (χ1n) is 11.3. The number of Topliss-reactive ketones (excluding diaryl/α,β-unsaturated/α-hetero) is 2. The van der Waals surface area contributed by atoms with E-state index in [1.54, 1.807) is 6.07 Å². The monoisotopic (exact) mass is 500 g/mol. The molecule has 3 rings (SSSR count). The summed E-state index contributed by atoms with van der Waals surface area (Å²) >= 11 is 0. The summed E-state index contributed by atoms with van der Waals surface area (Å²) in [6.45, 7) is 3.46. The second kappa shape index (κ2) is 11.7. The molecule has 10 nitrogen and oxygen atoms in total. The lowest BCUT2D eigenvalue weighted by molar-refractivity contribution is 0.0980. The quantitative estimate of drug-likeness (QED) is 0.266. The second-order valence-electron chi connectivity index (χ2n) is 8.06. The minimum atomic E-state index is -3.57. The van der Waals surface area contributed by atoms with Crippen LogP contribution in [0, 0.1) is 0 Å². The summed E-state index contributed by atoms with van der Waals surface area (Å²) in [7, 11) is -3.57. The zero-order valence-corrected chi connectivity index (χ0v) is 20.5. The third-order valence-electron chi connectivity index (χ3n) is 5.45. The summed E-state index contributed by atoms with van der Waals surface area (Å²) in [5, 5.41) is 23.6. The molecule has 2 aromatic carbocycles. The number of phenols is 1. The van der Waals surface area contributed by atoms with Crippen LogP contribution in [0.1, 0.15) is 65.2 Å². The number of hydrogen-bond acceptors (Lipinski definition) is 9. The van der Waals surface area contributed by atoms with Crippen LogP contribution < -0.4 is 4.74 Å². The Morgan fingerprint density at radius 1 is 1.09 bits per heavy atom. The number of phenolic OH excluding ortho intramolecular Hbond substituents is 1. The number of aromatic hydroxyl groups is 1. The number of aromatic amines is 1. The van der Waals surface area contributed by atoms with Crippen LogP contribution in [-0.4, -0.2) is 58.1 Å². The number of nitrogens with one attached hydrogen (secondary N) is 1. The number of nitrogens with zero attached hydrogens (tertiary/aromatic N) is 3. The second-order valence-corrected chi connectivity index (χ2v) is 10.2. The highest BCUT2D eigenvalue weighted by Crippen LogP contribution is 2.33. The molecule has 0 saturated heterocycles. The third-order valence-corrected chi connectivity index (χ3v) is 7.26. The molecular formula is C24H28N4O6S. The largest absolute Gasteiger partial charge is 0.507 e. The number of tetrazole rings is 1. The summed E-state index contributed by atoms with van der Waals surface area (Å²) in [5.74, 6) is 0.344. The molecule has 2 N–H and O–H groups in total. The summed E-state index contributed by atoms with van der Waals surface area (Å²) in [6.07, 6.45) is 2.07. The van der Waals surface area contributed by atoms with Gasteiger partial charge in [0.2, 0.25) is 0 Å². The average Bonchev–Trinajstić information content (AvgIpc) is 3.36. The maximum atomic E-state index is 12.7. The van der Waals surface area contributed by atoms with E-state index in [1.165, 1.54) is 37.3 Å². The van der Waals surface area contributed by atoms with Crippen molar-refractivity contribution in [2.75, 3.05) is 12.4 Å². The summed E-state index contributed by atoms with van der Waals surface area (Å²) < 4.78 is 31.2. The zero-order valence-electron chi connectivity index (χ0n) is 19.7. The van der Waals surface area contributed by atoms with E-state index in [4.69, 9.17) is 4.74 Å². The molecule has 0 bridgehead atoms. The highest BCUT2D eigenvalue weighted by Gasteiger charge is 2.18. The SMILES string of the molecule is CCCc1c(OCCCS(=O)(=O)c2ccc(C(=O)CCc3nnn[nH]3)cc2)ccc(C(C)=O)c1O. The average molecular weight is 501 g/mol. The van der Waals surface area contributed by atoms with Crippen molar-refractivity contribution in [3.8, 4) is 11.5 Å². The van der Waals surface area contributed by atoms with Gasteiger partial charge in [-0.2, -0.15) is 0 Å². The minimum absolute atomic E-state index is 0.0865. The number of benzene rings is 2. The molecule has 11 heteroatoms. The molecule has 0 aliphatic heterocycles. The number of aryl methyl sites for hydroxylation is 1. The van der Waals surface area contributed by atoms with Crippen molar-refractivity contribution < 1.29 is 27.9 Å². The van der Waals surface area contributed by atoms with Crippen LogP contribution in [0.15, 0.2) is 41.3 Å². The lowest BCUT2D eigenvalue weighted by Crippen LogP contribution is -2.12. The van der Waals surface area contributed by atoms with Crippen molar-refractivity contribution in [1.82, 2.24) is 20.6 Å². The van der Waals surface area contributed by atoms with Gasteiger partial charge in [-0.1, -0.05) is 25.5 Å². The summed E-state index contributed by atoms with van der Waals surface area (Å²) in [4.78, 5) is 24.1. The predicted octanol–water partition coefficient (Wildman–Crippen LogP) is 3.12. The lowest BCUT2D eigenvalue weighted by Gasteiger charge is -2.14. The molecule has 0 unspecified atom stereocenters. The summed E-state index contributed by atoms with van der Waals surface area (Å²) in [6, 6.07) is 8.99. The number of aromatic nitrogens is 4. The number of carbonyl (C=O) groups is 2. The highest BCUT2D eigenvalue weighted by molar-refractivity contribution is 7.91. The van der Waals surface area contributed by atoms with Gasteiger partial charge in [0, 0.05) is 24.0 Å². The van der Waals surface area contributed by atoms with Gasteiger partial charge in [0.1, 0.15) is 17.3 Å². The topological polar surface area (TPSA) is 152 Å². The first-order valence-corrected chi connectivity index (χ1v) is 13.0. The van der Waals surface area contributed by atoms with Gasteiger partial charge in [-0.3, -0.25) is 9.59 Å². The molecule has 35 heavy (non-hydrogen) atoms. The number of carbonyl (C=O) groups excluding carboxylic acids is 2. The van der Waals surface area contributed by atoms with Gasteiger partial charge in [-0.25, -0.2) is 13.5 Å². The third kappa shape index (κ3) is 6.72. The van der Waals surface area contributed by atoms with Crippen LogP contribution >= 0.6 is 0 Å². The fourth-order valence-corrected chi connectivity index (χ4v) is 4.87. The Hall–Kier alpha value is -3.60. The molecule has 0 saturated carbocycles. The lowest BCUT2D eigenvalue weighted by atomic mass is 10.0. The number of ether oxygens (including phenoxy) is 1. The number of rotatable bonds is 13. The number of ketones is 2. The van der Waals surface area contributed by atoms with Gasteiger partial charge in [0.15, 0.2) is 21.4 Å². The van der Waals surface area contributed by atoms with Crippen molar-refractivity contribution in [3.05, 3.63) is 58.9 Å². The van der Waals surface area contributed by atoms with Crippen molar-refractivity contribution >= 4 is 21.4 Å². The number of hydrogen-bond donors (Lipinski definition) is 2. The van der Waals surface area contributed by atoms with E-state index >= 15 is 0 Å². The van der Waals surface area contributed by atoms with Crippen LogP contribution in [0.4, 0.5) is 0 Å². The highest BCUT2D eigenvalue weighted by atomic mass is 32.2. The minimum Gasteiger partial charge on any atom is -0.507 e. The van der Waals surface area contributed by atoms with Crippen LogP contribution in [0.3, 0.4) is 0 Å². The number of sulfone groups is 1. The van der Waals surface area contributed by atoms with Crippen molar-refractivity contribution in [2.24, 2.45) is 0 Å². The van der Waals surface area contributed by atoms with Gasteiger partial charge in [0.05, 0.1) is 22.8 Å².